The Hall–Kier alpha value is 0.260. The van der Waals surface area contributed by atoms with E-state index in [0.717, 1.165) is 22.2 Å². The molecule has 0 amide bonds. The quantitative estimate of drug-likeness (QED) is 0.768. The molecule has 0 unspecified atom stereocenters. The molecule has 2 nitrogen and oxygen atoms in total. The van der Waals surface area contributed by atoms with Crippen molar-refractivity contribution < 1.29 is 9.47 Å². The average molecular weight is 342 g/mol. The molecule has 0 aliphatic carbocycles. The van der Waals surface area contributed by atoms with Crippen LogP contribution in [0, 0.1) is 5.41 Å². The van der Waals surface area contributed by atoms with E-state index in [2.05, 4.69) is 31.9 Å². The van der Waals surface area contributed by atoms with Gasteiger partial charge >= 0.3 is 0 Å². The van der Waals surface area contributed by atoms with Crippen LogP contribution in [0.5, 0.6) is 11.5 Å². The number of rotatable bonds is 2. The summed E-state index contributed by atoms with van der Waals surface area (Å²) in [4.78, 5) is 0. The molecule has 0 spiro atoms. The molecule has 5 heteroatoms. The summed E-state index contributed by atoms with van der Waals surface area (Å²) in [6, 6.07) is 0. The SMILES string of the molecule is BrCC1(CBr)COc2cscc2OC1. The summed E-state index contributed by atoms with van der Waals surface area (Å²) in [7, 11) is 0. The van der Waals surface area contributed by atoms with Gasteiger partial charge in [-0.2, -0.15) is 0 Å². The molecule has 0 fully saturated rings. The van der Waals surface area contributed by atoms with Crippen LogP contribution >= 0.6 is 43.2 Å². The van der Waals surface area contributed by atoms with Crippen LogP contribution in [0.1, 0.15) is 0 Å². The molecule has 1 aliphatic heterocycles. The van der Waals surface area contributed by atoms with Crippen LogP contribution in [-0.2, 0) is 0 Å². The second-order valence-corrected chi connectivity index (χ2v) is 5.31. The summed E-state index contributed by atoms with van der Waals surface area (Å²) < 4.78 is 11.4. The molecule has 14 heavy (non-hydrogen) atoms. The molecule has 0 bridgehead atoms. The Morgan fingerprint density at radius 2 is 1.64 bits per heavy atom. The topological polar surface area (TPSA) is 18.5 Å². The first-order valence-electron chi connectivity index (χ1n) is 4.23. The third kappa shape index (κ3) is 1.95. The van der Waals surface area contributed by atoms with Crippen LogP contribution < -0.4 is 9.47 Å². The van der Waals surface area contributed by atoms with Gasteiger partial charge in [0.15, 0.2) is 11.5 Å². The van der Waals surface area contributed by atoms with Crippen molar-refractivity contribution >= 4 is 43.2 Å². The number of ether oxygens (including phenoxy) is 2. The fourth-order valence-corrected chi connectivity index (χ4v) is 3.44. The number of hydrogen-bond donors (Lipinski definition) is 0. The molecule has 2 rings (SSSR count). The maximum absolute atomic E-state index is 5.71. The number of fused-ring (bicyclic) bond motifs is 1. The van der Waals surface area contributed by atoms with Crippen molar-refractivity contribution in [1.29, 1.82) is 0 Å². The first-order valence-corrected chi connectivity index (χ1v) is 7.42. The Balaban J connectivity index is 2.16. The minimum absolute atomic E-state index is 0.0384. The average Bonchev–Trinajstić information content (AvgIpc) is 2.61. The summed E-state index contributed by atoms with van der Waals surface area (Å²) in [6.45, 7) is 1.38. The Labute approximate surface area is 104 Å². The largest absolute Gasteiger partial charge is 0.488 e. The minimum Gasteiger partial charge on any atom is -0.488 e. The summed E-state index contributed by atoms with van der Waals surface area (Å²) in [5.41, 5.74) is 0.0384. The highest BCUT2D eigenvalue weighted by atomic mass is 79.9. The van der Waals surface area contributed by atoms with E-state index in [0.29, 0.717) is 13.2 Å². The normalized spacial score (nSPS) is 19.0. The molecule has 78 valence electrons. The first-order chi connectivity index (χ1) is 6.79. The predicted octanol–water partition coefficient (Wildman–Crippen LogP) is 3.30. The van der Waals surface area contributed by atoms with E-state index in [9.17, 15) is 0 Å². The van der Waals surface area contributed by atoms with Crippen molar-refractivity contribution in [3.63, 3.8) is 0 Å². The van der Waals surface area contributed by atoms with E-state index >= 15 is 0 Å². The van der Waals surface area contributed by atoms with E-state index in [1.54, 1.807) is 11.3 Å². The molecule has 0 N–H and O–H groups in total. The van der Waals surface area contributed by atoms with Gasteiger partial charge in [-0.3, -0.25) is 0 Å². The van der Waals surface area contributed by atoms with Crippen molar-refractivity contribution in [3.05, 3.63) is 10.8 Å². The van der Waals surface area contributed by atoms with Gasteiger partial charge in [-0.1, -0.05) is 31.9 Å². The van der Waals surface area contributed by atoms with Crippen LogP contribution in [-0.4, -0.2) is 23.9 Å². The molecule has 0 radical (unpaired) electrons. The van der Waals surface area contributed by atoms with Crippen molar-refractivity contribution in [1.82, 2.24) is 0 Å². The van der Waals surface area contributed by atoms with Crippen LogP contribution in [0.3, 0.4) is 0 Å². The van der Waals surface area contributed by atoms with Gasteiger partial charge in [0, 0.05) is 21.4 Å². The molecule has 0 aromatic carbocycles. The maximum atomic E-state index is 5.71. The summed E-state index contributed by atoms with van der Waals surface area (Å²) in [5.74, 6) is 1.75. The second-order valence-electron chi connectivity index (χ2n) is 3.44. The lowest BCUT2D eigenvalue weighted by Gasteiger charge is -2.26. The first kappa shape index (κ1) is 10.8. The summed E-state index contributed by atoms with van der Waals surface area (Å²) >= 11 is 8.62. The van der Waals surface area contributed by atoms with Crippen LogP contribution in [0.15, 0.2) is 10.8 Å². The third-order valence-electron chi connectivity index (χ3n) is 2.23. The van der Waals surface area contributed by atoms with Gasteiger partial charge in [0.05, 0.1) is 18.6 Å². The number of halogens is 2. The molecule has 1 aliphatic rings. The van der Waals surface area contributed by atoms with Gasteiger partial charge in [0.25, 0.3) is 0 Å². The smallest absolute Gasteiger partial charge is 0.171 e. The molecular weight excluding hydrogens is 332 g/mol. The van der Waals surface area contributed by atoms with E-state index in [-0.39, 0.29) is 5.41 Å². The summed E-state index contributed by atoms with van der Waals surface area (Å²) in [5, 5.41) is 5.71. The van der Waals surface area contributed by atoms with Crippen molar-refractivity contribution in [2.45, 2.75) is 0 Å². The second kappa shape index (κ2) is 4.41. The van der Waals surface area contributed by atoms with E-state index < -0.39 is 0 Å². The van der Waals surface area contributed by atoms with E-state index in [1.807, 2.05) is 10.8 Å². The molecular formula is C9H10Br2O2S. The van der Waals surface area contributed by atoms with Gasteiger partial charge < -0.3 is 9.47 Å². The zero-order chi connectivity index (χ0) is 10.0. The predicted molar refractivity (Wildman–Crippen MR) is 65.3 cm³/mol. The molecule has 0 atom stereocenters. The van der Waals surface area contributed by atoms with Gasteiger partial charge in [-0.15, -0.1) is 11.3 Å². The zero-order valence-corrected chi connectivity index (χ0v) is 11.5. The third-order valence-corrected chi connectivity index (χ3v) is 5.31. The number of alkyl halides is 2. The highest BCUT2D eigenvalue weighted by Crippen LogP contribution is 2.38. The minimum atomic E-state index is 0.0384. The van der Waals surface area contributed by atoms with Gasteiger partial charge in [-0.25, -0.2) is 0 Å². The molecule has 1 aromatic rings. The molecule has 0 saturated carbocycles. The molecule has 0 saturated heterocycles. The van der Waals surface area contributed by atoms with Gasteiger partial charge in [0.1, 0.15) is 0 Å². The number of thiophene rings is 1. The number of hydrogen-bond acceptors (Lipinski definition) is 3. The Morgan fingerprint density at radius 1 is 1.14 bits per heavy atom. The van der Waals surface area contributed by atoms with Gasteiger partial charge in [0.2, 0.25) is 0 Å². The Kier molecular flexibility index (Phi) is 3.39. The molecule has 2 heterocycles. The fraction of sp³-hybridized carbons (Fsp3) is 0.556. The van der Waals surface area contributed by atoms with Gasteiger partial charge in [-0.05, 0) is 0 Å². The van der Waals surface area contributed by atoms with Crippen LogP contribution in [0.25, 0.3) is 0 Å². The van der Waals surface area contributed by atoms with E-state index in [1.165, 1.54) is 0 Å². The van der Waals surface area contributed by atoms with Crippen molar-refractivity contribution in [2.24, 2.45) is 5.41 Å². The van der Waals surface area contributed by atoms with Crippen molar-refractivity contribution in [2.75, 3.05) is 23.9 Å². The highest BCUT2D eigenvalue weighted by Gasteiger charge is 2.33. The lowest BCUT2D eigenvalue weighted by Crippen LogP contribution is -2.36. The fourth-order valence-electron chi connectivity index (χ4n) is 1.18. The lowest BCUT2D eigenvalue weighted by atomic mass is 9.96. The van der Waals surface area contributed by atoms with Crippen LogP contribution in [0.2, 0.25) is 0 Å². The summed E-state index contributed by atoms with van der Waals surface area (Å²) in [6.07, 6.45) is 0. The monoisotopic (exact) mass is 340 g/mol. The highest BCUT2D eigenvalue weighted by molar-refractivity contribution is 9.09. The van der Waals surface area contributed by atoms with E-state index in [4.69, 9.17) is 9.47 Å². The standard InChI is InChI=1S/C9H10Br2O2S/c10-3-9(4-11)5-12-7-1-14-2-8(7)13-6-9/h1-2H,3-6H2. The Morgan fingerprint density at radius 3 is 2.07 bits per heavy atom. The maximum Gasteiger partial charge on any atom is 0.171 e. The Bertz CT molecular complexity index is 285. The lowest BCUT2D eigenvalue weighted by molar-refractivity contribution is 0.151. The van der Waals surface area contributed by atoms with Crippen molar-refractivity contribution in [3.8, 4) is 11.5 Å². The zero-order valence-electron chi connectivity index (χ0n) is 7.46. The van der Waals surface area contributed by atoms with Crippen LogP contribution in [0.4, 0.5) is 0 Å². The molecule has 1 aromatic heterocycles.